The Morgan fingerprint density at radius 1 is 1.18 bits per heavy atom. The van der Waals surface area contributed by atoms with Crippen LogP contribution < -0.4 is 4.90 Å². The summed E-state index contributed by atoms with van der Waals surface area (Å²) in [7, 11) is 0. The molecule has 0 bridgehead atoms. The van der Waals surface area contributed by atoms with Crippen LogP contribution in [0.1, 0.15) is 12.5 Å². The van der Waals surface area contributed by atoms with Crippen molar-refractivity contribution in [2.45, 2.75) is 19.9 Å². The van der Waals surface area contributed by atoms with Crippen molar-refractivity contribution in [3.05, 3.63) is 35.9 Å². The number of rotatable bonds is 3. The number of benzene rings is 1. The lowest BCUT2D eigenvalue weighted by molar-refractivity contribution is -0.142. The molecular formula is C17H21N3O2. The number of pyridine rings is 1. The summed E-state index contributed by atoms with van der Waals surface area (Å²) in [5, 5.41) is 10.3. The van der Waals surface area contributed by atoms with Gasteiger partial charge in [-0.15, -0.1) is 0 Å². The van der Waals surface area contributed by atoms with Crippen molar-refractivity contribution >= 4 is 22.7 Å². The number of fused-ring (bicyclic) bond motifs is 1. The fourth-order valence-corrected chi connectivity index (χ4v) is 2.96. The molecule has 1 unspecified atom stereocenters. The predicted molar refractivity (Wildman–Crippen MR) is 87.4 cm³/mol. The van der Waals surface area contributed by atoms with Crippen molar-refractivity contribution in [3.8, 4) is 0 Å². The molecular weight excluding hydrogens is 278 g/mol. The Labute approximate surface area is 130 Å². The van der Waals surface area contributed by atoms with Gasteiger partial charge >= 0.3 is 5.97 Å². The highest BCUT2D eigenvalue weighted by atomic mass is 16.4. The molecule has 0 spiro atoms. The molecule has 2 heterocycles. The maximum absolute atomic E-state index is 11.1. The van der Waals surface area contributed by atoms with Gasteiger partial charge in [-0.05, 0) is 31.5 Å². The van der Waals surface area contributed by atoms with Crippen LogP contribution in [0.25, 0.3) is 10.9 Å². The van der Waals surface area contributed by atoms with E-state index in [2.05, 4.69) is 36.1 Å². The van der Waals surface area contributed by atoms with Crippen molar-refractivity contribution in [2.24, 2.45) is 0 Å². The normalized spacial score (nSPS) is 17.6. The number of aromatic nitrogens is 1. The van der Waals surface area contributed by atoms with E-state index in [1.54, 1.807) is 6.92 Å². The largest absolute Gasteiger partial charge is 0.480 e. The SMILES string of the molecule is Cc1cccc2ccc(N3CCN(C(C)C(=O)O)CC3)nc12. The van der Waals surface area contributed by atoms with E-state index in [1.807, 2.05) is 11.0 Å². The van der Waals surface area contributed by atoms with E-state index in [4.69, 9.17) is 10.1 Å². The summed E-state index contributed by atoms with van der Waals surface area (Å²) in [4.78, 5) is 20.1. The van der Waals surface area contributed by atoms with Crippen LogP contribution in [0.3, 0.4) is 0 Å². The molecule has 1 aromatic carbocycles. The average Bonchev–Trinajstić information content (AvgIpc) is 2.54. The number of hydrogen-bond donors (Lipinski definition) is 1. The fourth-order valence-electron chi connectivity index (χ4n) is 2.96. The van der Waals surface area contributed by atoms with Gasteiger partial charge in [-0.3, -0.25) is 9.69 Å². The molecule has 0 aliphatic carbocycles. The third-order valence-electron chi connectivity index (χ3n) is 4.45. The van der Waals surface area contributed by atoms with Gasteiger partial charge in [0.2, 0.25) is 0 Å². The Hall–Kier alpha value is -2.14. The predicted octanol–water partition coefficient (Wildman–Crippen LogP) is 2.14. The first-order valence-corrected chi connectivity index (χ1v) is 7.64. The van der Waals surface area contributed by atoms with Gasteiger partial charge in [0, 0.05) is 31.6 Å². The summed E-state index contributed by atoms with van der Waals surface area (Å²) in [5.74, 6) is 0.220. The minimum atomic E-state index is -0.757. The van der Waals surface area contributed by atoms with Crippen LogP contribution >= 0.6 is 0 Å². The molecule has 116 valence electrons. The molecule has 0 amide bonds. The first kappa shape index (κ1) is 14.8. The summed E-state index contributed by atoms with van der Waals surface area (Å²) in [6.45, 7) is 6.94. The lowest BCUT2D eigenvalue weighted by Crippen LogP contribution is -2.51. The topological polar surface area (TPSA) is 56.7 Å². The van der Waals surface area contributed by atoms with Gasteiger partial charge in [0.1, 0.15) is 11.9 Å². The van der Waals surface area contributed by atoms with Crippen molar-refractivity contribution in [3.63, 3.8) is 0 Å². The van der Waals surface area contributed by atoms with E-state index < -0.39 is 12.0 Å². The molecule has 2 aromatic rings. The minimum Gasteiger partial charge on any atom is -0.480 e. The van der Waals surface area contributed by atoms with Crippen LogP contribution in [0, 0.1) is 6.92 Å². The van der Waals surface area contributed by atoms with E-state index >= 15 is 0 Å². The third kappa shape index (κ3) is 2.76. The maximum atomic E-state index is 11.1. The summed E-state index contributed by atoms with van der Waals surface area (Å²) in [6.07, 6.45) is 0. The number of aliphatic carboxylic acids is 1. The number of hydrogen-bond acceptors (Lipinski definition) is 4. The number of aryl methyl sites for hydroxylation is 1. The standard InChI is InChI=1S/C17H21N3O2/c1-12-4-3-5-14-6-7-15(18-16(12)14)20-10-8-19(9-11-20)13(2)17(21)22/h3-7,13H,8-11H2,1-2H3,(H,21,22). The fraction of sp³-hybridized carbons (Fsp3) is 0.412. The van der Waals surface area contributed by atoms with Crippen molar-refractivity contribution in [2.75, 3.05) is 31.1 Å². The molecule has 5 heteroatoms. The highest BCUT2D eigenvalue weighted by Gasteiger charge is 2.25. The van der Waals surface area contributed by atoms with Crippen LogP contribution in [-0.2, 0) is 4.79 Å². The zero-order valence-electron chi connectivity index (χ0n) is 13.0. The quantitative estimate of drug-likeness (QED) is 0.941. The monoisotopic (exact) mass is 299 g/mol. The molecule has 1 atom stereocenters. The lowest BCUT2D eigenvalue weighted by atomic mass is 10.1. The Morgan fingerprint density at radius 3 is 2.59 bits per heavy atom. The summed E-state index contributed by atoms with van der Waals surface area (Å²) >= 11 is 0. The van der Waals surface area contributed by atoms with Gasteiger partial charge in [0.05, 0.1) is 5.52 Å². The number of carboxylic acids is 1. The van der Waals surface area contributed by atoms with Crippen LogP contribution in [0.2, 0.25) is 0 Å². The molecule has 0 saturated carbocycles. The van der Waals surface area contributed by atoms with Crippen molar-refractivity contribution in [1.29, 1.82) is 0 Å². The number of nitrogens with zero attached hydrogens (tertiary/aromatic N) is 3. The number of para-hydroxylation sites is 1. The van der Waals surface area contributed by atoms with E-state index in [9.17, 15) is 4.79 Å². The van der Waals surface area contributed by atoms with Gasteiger partial charge in [-0.1, -0.05) is 18.2 Å². The zero-order chi connectivity index (χ0) is 15.7. The van der Waals surface area contributed by atoms with E-state index in [1.165, 1.54) is 5.56 Å². The van der Waals surface area contributed by atoms with Crippen LogP contribution in [-0.4, -0.2) is 53.2 Å². The van der Waals surface area contributed by atoms with Gasteiger partial charge in [-0.25, -0.2) is 4.98 Å². The van der Waals surface area contributed by atoms with E-state index in [0.717, 1.165) is 42.9 Å². The van der Waals surface area contributed by atoms with E-state index in [0.29, 0.717) is 0 Å². The molecule has 1 aliphatic rings. The van der Waals surface area contributed by atoms with Gasteiger partial charge in [0.15, 0.2) is 0 Å². The second-order valence-corrected chi connectivity index (χ2v) is 5.85. The lowest BCUT2D eigenvalue weighted by Gasteiger charge is -2.37. The first-order chi connectivity index (χ1) is 10.6. The van der Waals surface area contributed by atoms with E-state index in [-0.39, 0.29) is 0 Å². The number of carboxylic acid groups (broad SMARTS) is 1. The van der Waals surface area contributed by atoms with Gasteiger partial charge in [0.25, 0.3) is 0 Å². The Morgan fingerprint density at radius 2 is 1.91 bits per heavy atom. The minimum absolute atomic E-state index is 0.422. The maximum Gasteiger partial charge on any atom is 0.320 e. The molecule has 1 fully saturated rings. The van der Waals surface area contributed by atoms with Crippen LogP contribution in [0.4, 0.5) is 5.82 Å². The second-order valence-electron chi connectivity index (χ2n) is 5.85. The molecule has 3 rings (SSSR count). The van der Waals surface area contributed by atoms with Crippen LogP contribution in [0.15, 0.2) is 30.3 Å². The van der Waals surface area contributed by atoms with Crippen LogP contribution in [0.5, 0.6) is 0 Å². The highest BCUT2D eigenvalue weighted by Crippen LogP contribution is 2.22. The highest BCUT2D eigenvalue weighted by molar-refractivity contribution is 5.83. The molecule has 1 aliphatic heterocycles. The molecule has 5 nitrogen and oxygen atoms in total. The smallest absolute Gasteiger partial charge is 0.320 e. The molecule has 1 N–H and O–H groups in total. The molecule has 0 radical (unpaired) electrons. The van der Waals surface area contributed by atoms with Crippen molar-refractivity contribution in [1.82, 2.24) is 9.88 Å². The van der Waals surface area contributed by atoms with Gasteiger partial charge in [-0.2, -0.15) is 0 Å². The third-order valence-corrected chi connectivity index (χ3v) is 4.45. The zero-order valence-corrected chi connectivity index (χ0v) is 13.0. The first-order valence-electron chi connectivity index (χ1n) is 7.64. The average molecular weight is 299 g/mol. The summed E-state index contributed by atoms with van der Waals surface area (Å²) < 4.78 is 0. The number of carbonyl (C=O) groups is 1. The Balaban J connectivity index is 1.76. The summed E-state index contributed by atoms with van der Waals surface area (Å²) in [5.41, 5.74) is 2.22. The molecule has 1 aromatic heterocycles. The van der Waals surface area contributed by atoms with Gasteiger partial charge < -0.3 is 10.0 Å². The Kier molecular flexibility index (Phi) is 3.98. The molecule has 1 saturated heterocycles. The summed E-state index contributed by atoms with van der Waals surface area (Å²) in [6, 6.07) is 9.94. The second kappa shape index (κ2) is 5.93. The number of anilines is 1. The number of piperazine rings is 1. The van der Waals surface area contributed by atoms with Crippen molar-refractivity contribution < 1.29 is 9.90 Å². The Bertz CT molecular complexity index is 693. The molecule has 22 heavy (non-hydrogen) atoms.